The molecule has 21 heteroatoms. The van der Waals surface area contributed by atoms with E-state index in [0.717, 1.165) is 4.57 Å². The molecule has 2 fully saturated rings. The highest BCUT2D eigenvalue weighted by Gasteiger charge is 2.50. The number of hydrogen-bond donors (Lipinski definition) is 5. The van der Waals surface area contributed by atoms with E-state index in [-0.39, 0.29) is 17.6 Å². The monoisotopic (exact) mass is 673 g/mol. The molecular formula is C22H25N7O10P2S2. The molecule has 3 aromatic heterocycles. The summed E-state index contributed by atoms with van der Waals surface area (Å²) in [6.07, 6.45) is -2.82. The second-order valence-electron chi connectivity index (χ2n) is 9.64. The van der Waals surface area contributed by atoms with Crippen molar-refractivity contribution in [1.29, 1.82) is 0 Å². The number of imidazole rings is 1. The van der Waals surface area contributed by atoms with E-state index < -0.39 is 62.8 Å². The average Bonchev–Trinajstić information content (AvgIpc) is 3.66. The third-order valence-electron chi connectivity index (χ3n) is 6.85. The second kappa shape index (κ2) is 11.8. The van der Waals surface area contributed by atoms with E-state index in [1.807, 2.05) is 0 Å². The van der Waals surface area contributed by atoms with Crippen LogP contribution >= 0.6 is 38.1 Å². The zero-order valence-electron chi connectivity index (χ0n) is 21.8. The molecular weight excluding hydrogens is 648 g/mol. The number of aromatic nitrogens is 6. The molecule has 0 saturated carbocycles. The molecule has 0 spiro atoms. The fourth-order valence-corrected chi connectivity index (χ4v) is 7.13. The summed E-state index contributed by atoms with van der Waals surface area (Å²) in [6, 6.07) is 6.55. The van der Waals surface area contributed by atoms with Crippen molar-refractivity contribution in [3.05, 3.63) is 53.6 Å². The number of hydrogen-bond acceptors (Lipinski definition) is 14. The van der Waals surface area contributed by atoms with Crippen LogP contribution in [0.1, 0.15) is 25.3 Å². The Labute approximate surface area is 252 Å². The van der Waals surface area contributed by atoms with Gasteiger partial charge in [0.05, 0.1) is 23.8 Å². The van der Waals surface area contributed by atoms with Gasteiger partial charge in [0.25, 0.3) is 5.56 Å². The van der Waals surface area contributed by atoms with Crippen LogP contribution in [0, 0.1) is 0 Å². The summed E-state index contributed by atoms with van der Waals surface area (Å²) in [5.74, 6) is 0.204. The number of rotatable bonds is 9. The first-order valence-electron chi connectivity index (χ1n) is 12.7. The summed E-state index contributed by atoms with van der Waals surface area (Å²) in [5, 5.41) is 11.3. The van der Waals surface area contributed by atoms with E-state index in [0.29, 0.717) is 23.1 Å². The summed E-state index contributed by atoms with van der Waals surface area (Å²) in [7, 11) is 0. The average molecular weight is 674 g/mol. The second-order valence-corrected chi connectivity index (χ2v) is 15.2. The molecule has 1 aromatic carbocycles. The minimum absolute atomic E-state index is 0.204. The third-order valence-corrected chi connectivity index (χ3v) is 9.25. The molecule has 4 N–H and O–H groups in total. The lowest BCUT2D eigenvalue weighted by molar-refractivity contribution is -0.104. The van der Waals surface area contributed by atoms with Gasteiger partial charge in [-0.15, -0.1) is 0 Å². The molecule has 230 valence electrons. The first kappa shape index (κ1) is 30.6. The maximum absolute atomic E-state index is 13.5. The van der Waals surface area contributed by atoms with Crippen molar-refractivity contribution in [3.63, 3.8) is 0 Å². The number of aliphatic hydroxyl groups is 1. The predicted octanol–water partition coefficient (Wildman–Crippen LogP) is 2.20. The number of nitrogens with zero attached hydrogens (tertiary/aromatic N) is 6. The third kappa shape index (κ3) is 6.39. The topological polar surface area (TPSA) is 225 Å². The Bertz CT molecular complexity index is 1820. The van der Waals surface area contributed by atoms with Gasteiger partial charge in [0.1, 0.15) is 42.7 Å². The molecule has 5 heterocycles. The molecule has 3 unspecified atom stereocenters. The van der Waals surface area contributed by atoms with Crippen LogP contribution in [0.3, 0.4) is 0 Å². The van der Waals surface area contributed by atoms with Gasteiger partial charge in [-0.3, -0.25) is 27.5 Å². The van der Waals surface area contributed by atoms with Crippen LogP contribution in [0.15, 0.2) is 48.0 Å². The molecule has 6 rings (SSSR count). The largest absolute Gasteiger partial charge is 0.388 e. The molecule has 2 aliphatic heterocycles. The lowest BCUT2D eigenvalue weighted by Crippen LogP contribution is -2.37. The highest BCUT2D eigenvalue weighted by atomic mass is 32.7. The van der Waals surface area contributed by atoms with E-state index in [2.05, 4.69) is 44.4 Å². The lowest BCUT2D eigenvalue weighted by atomic mass is 10.1. The first-order valence-corrected chi connectivity index (χ1v) is 18.1. The number of fused-ring (bicyclic) bond motifs is 2. The smallest absolute Gasteiger partial charge is 0.387 e. The standard InChI is InChI=1S/C22H25N7O10P2S2/c23-19-16-20(25-8-24-19)28(10-27-16)14-5-6-15(37-14)38-41(34,43)39-18-17(30)13(7-35-40(32,33)42)36-22(18)29-9-26-12-4-2-1-3-11(12)21(29)31/h1-4,8-10,13-15,17-18,22,30H,5-7H2,(H,34,43)(H2,23,24,25)(H2,32,33,42)/t13-,14-,15-,17-,18?,22-,41?/m1/s1. The Morgan fingerprint density at radius 2 is 1.81 bits per heavy atom. The zero-order valence-corrected chi connectivity index (χ0v) is 25.4. The van der Waals surface area contributed by atoms with Crippen molar-refractivity contribution in [1.82, 2.24) is 29.1 Å². The van der Waals surface area contributed by atoms with Gasteiger partial charge >= 0.3 is 13.6 Å². The maximum atomic E-state index is 13.5. The number of thiol groups is 2. The van der Waals surface area contributed by atoms with Gasteiger partial charge in [0.15, 0.2) is 24.0 Å². The van der Waals surface area contributed by atoms with Crippen molar-refractivity contribution < 1.29 is 42.2 Å². The molecule has 2 aliphatic rings. The van der Waals surface area contributed by atoms with Crippen molar-refractivity contribution in [2.45, 2.75) is 49.9 Å². The lowest BCUT2D eigenvalue weighted by Gasteiger charge is -2.26. The summed E-state index contributed by atoms with van der Waals surface area (Å²) in [6.45, 7) is -9.19. The summed E-state index contributed by atoms with van der Waals surface area (Å²) in [4.78, 5) is 39.3. The highest BCUT2D eigenvalue weighted by Crippen LogP contribution is 2.59. The summed E-state index contributed by atoms with van der Waals surface area (Å²) >= 11 is 7.56. The molecule has 2 saturated heterocycles. The maximum Gasteiger partial charge on any atom is 0.388 e. The normalized spacial score (nSPS) is 28.7. The Hall–Kier alpha value is -2.41. The van der Waals surface area contributed by atoms with E-state index in [4.69, 9.17) is 28.8 Å². The minimum Gasteiger partial charge on any atom is -0.387 e. The number of ether oxygens (including phenoxy) is 2. The first-order chi connectivity index (χ1) is 20.4. The molecule has 0 aliphatic carbocycles. The highest BCUT2D eigenvalue weighted by molar-refractivity contribution is 8.44. The number of nitrogen functional groups attached to an aromatic ring is 1. The van der Waals surface area contributed by atoms with Crippen LogP contribution in [-0.4, -0.2) is 70.3 Å². The van der Waals surface area contributed by atoms with E-state index >= 15 is 0 Å². The molecule has 4 aromatic rings. The number of aliphatic hydroxyl groups excluding tert-OH is 1. The number of nitrogens with two attached hydrogens (primary N) is 1. The van der Waals surface area contributed by atoms with Crippen LogP contribution in [0.5, 0.6) is 0 Å². The molecule has 17 nitrogen and oxygen atoms in total. The van der Waals surface area contributed by atoms with Crippen LogP contribution < -0.4 is 11.3 Å². The van der Waals surface area contributed by atoms with Crippen LogP contribution in [0.2, 0.25) is 0 Å². The van der Waals surface area contributed by atoms with E-state index in [9.17, 15) is 23.9 Å². The van der Waals surface area contributed by atoms with Gasteiger partial charge in [-0.2, -0.15) is 0 Å². The fourth-order valence-electron chi connectivity index (χ4n) is 4.91. The van der Waals surface area contributed by atoms with Gasteiger partial charge in [-0.05, 0) is 18.6 Å². The quantitative estimate of drug-likeness (QED) is 0.127. The van der Waals surface area contributed by atoms with Crippen LogP contribution in [0.4, 0.5) is 5.82 Å². The SMILES string of the molecule is Nc1ncnc2c1ncn2[C@H]1CC[C@@H](OP(=O)(S)OC2[C@H](n3cnc4ccccc4c3=O)O[C@H](COP(=O)(O)S)[C@H]2O)O1. The van der Waals surface area contributed by atoms with Gasteiger partial charge in [-0.25, -0.2) is 29.1 Å². The summed E-state index contributed by atoms with van der Waals surface area (Å²) in [5.41, 5.74) is 6.55. The Morgan fingerprint density at radius 1 is 1.05 bits per heavy atom. The van der Waals surface area contributed by atoms with Gasteiger partial charge in [0.2, 0.25) is 0 Å². The van der Waals surface area contributed by atoms with Crippen molar-refractivity contribution in [3.8, 4) is 0 Å². The summed E-state index contributed by atoms with van der Waals surface area (Å²) < 4.78 is 55.6. The number of para-hydroxylation sites is 1. The molecule has 8 atom stereocenters. The van der Waals surface area contributed by atoms with Crippen LogP contribution in [0.25, 0.3) is 22.1 Å². The fraction of sp³-hybridized carbons (Fsp3) is 0.409. The minimum atomic E-state index is -4.32. The number of anilines is 1. The van der Waals surface area contributed by atoms with Gasteiger partial charge in [-0.1, -0.05) is 36.6 Å². The van der Waals surface area contributed by atoms with E-state index in [1.165, 1.54) is 19.0 Å². The Morgan fingerprint density at radius 3 is 2.60 bits per heavy atom. The van der Waals surface area contributed by atoms with E-state index in [1.54, 1.807) is 28.8 Å². The van der Waals surface area contributed by atoms with Gasteiger partial charge < -0.3 is 25.2 Å². The van der Waals surface area contributed by atoms with Crippen molar-refractivity contribution in [2.24, 2.45) is 0 Å². The zero-order chi connectivity index (χ0) is 30.5. The number of benzene rings is 1. The van der Waals surface area contributed by atoms with Crippen molar-refractivity contribution >= 4 is 66.0 Å². The van der Waals surface area contributed by atoms with Crippen LogP contribution in [-0.2, 0) is 32.2 Å². The van der Waals surface area contributed by atoms with Gasteiger partial charge in [0, 0.05) is 6.42 Å². The molecule has 43 heavy (non-hydrogen) atoms. The predicted molar refractivity (Wildman–Crippen MR) is 156 cm³/mol. The Kier molecular flexibility index (Phi) is 8.42. The Balaban J connectivity index is 1.22. The molecule has 0 amide bonds. The molecule has 0 bridgehead atoms. The molecule has 0 radical (unpaired) electrons. The van der Waals surface area contributed by atoms with Crippen molar-refractivity contribution in [2.75, 3.05) is 12.3 Å².